The van der Waals surface area contributed by atoms with Crippen LogP contribution in [0.4, 0.5) is 5.69 Å². The smallest absolute Gasteiger partial charge is 0.313 e. The van der Waals surface area contributed by atoms with E-state index in [1.165, 1.54) is 0 Å². The molecule has 2 amide bonds. The van der Waals surface area contributed by atoms with Crippen molar-refractivity contribution in [2.24, 2.45) is 0 Å². The number of aromatic nitrogens is 1. The van der Waals surface area contributed by atoms with Crippen LogP contribution in [0.15, 0.2) is 42.7 Å². The number of hydrogen-bond acceptors (Lipinski definition) is 5. The number of rotatable bonds is 5. The Morgan fingerprint density at radius 2 is 1.93 bits per heavy atom. The number of morpholine rings is 1. The lowest BCUT2D eigenvalue weighted by Gasteiger charge is -2.34. The number of amides is 2. The van der Waals surface area contributed by atoms with E-state index in [1.807, 2.05) is 38.1 Å². The van der Waals surface area contributed by atoms with Crippen LogP contribution in [-0.2, 0) is 14.3 Å². The van der Waals surface area contributed by atoms with Gasteiger partial charge in [0.25, 0.3) is 0 Å². The van der Waals surface area contributed by atoms with Gasteiger partial charge in [-0.15, -0.1) is 0 Å². The summed E-state index contributed by atoms with van der Waals surface area (Å²) in [4.78, 5) is 31.0. The third-order valence-corrected chi connectivity index (χ3v) is 4.98. The van der Waals surface area contributed by atoms with Crippen molar-refractivity contribution in [2.75, 3.05) is 38.2 Å². The van der Waals surface area contributed by atoms with E-state index in [0.29, 0.717) is 25.4 Å². The third kappa shape index (κ3) is 5.15. The summed E-state index contributed by atoms with van der Waals surface area (Å²) >= 11 is 0. The Morgan fingerprint density at radius 3 is 2.61 bits per heavy atom. The van der Waals surface area contributed by atoms with Crippen LogP contribution in [0.2, 0.25) is 0 Å². The van der Waals surface area contributed by atoms with E-state index < -0.39 is 11.8 Å². The molecule has 7 heteroatoms. The summed E-state index contributed by atoms with van der Waals surface area (Å²) in [5.41, 5.74) is 3.80. The summed E-state index contributed by atoms with van der Waals surface area (Å²) in [7, 11) is 0. The lowest BCUT2D eigenvalue weighted by Crippen LogP contribution is -2.45. The second-order valence-electron chi connectivity index (χ2n) is 6.91. The number of ether oxygens (including phenoxy) is 1. The zero-order chi connectivity index (χ0) is 19.9. The van der Waals surface area contributed by atoms with Crippen LogP contribution in [0.25, 0.3) is 0 Å². The van der Waals surface area contributed by atoms with Crippen LogP contribution in [0.5, 0.6) is 0 Å². The van der Waals surface area contributed by atoms with Crippen molar-refractivity contribution in [1.29, 1.82) is 0 Å². The highest BCUT2D eigenvalue weighted by Crippen LogP contribution is 2.20. The average molecular weight is 382 g/mol. The van der Waals surface area contributed by atoms with Gasteiger partial charge < -0.3 is 15.4 Å². The van der Waals surface area contributed by atoms with Crippen molar-refractivity contribution in [1.82, 2.24) is 15.2 Å². The SMILES string of the molecule is Cc1ccc(NC(=O)C(=O)NC[C@@H](c2cccnc2)N2CCOCC2)cc1C. The monoisotopic (exact) mass is 382 g/mol. The molecule has 7 nitrogen and oxygen atoms in total. The van der Waals surface area contributed by atoms with Gasteiger partial charge in [-0.3, -0.25) is 19.5 Å². The van der Waals surface area contributed by atoms with E-state index in [9.17, 15) is 9.59 Å². The summed E-state index contributed by atoms with van der Waals surface area (Å²) in [5.74, 6) is -1.32. The fourth-order valence-corrected chi connectivity index (χ4v) is 3.20. The molecule has 0 aliphatic carbocycles. The number of hydrogen-bond donors (Lipinski definition) is 2. The molecule has 0 spiro atoms. The number of nitrogens with zero attached hydrogens (tertiary/aromatic N) is 2. The number of aryl methyl sites for hydroxylation is 2. The number of pyridine rings is 1. The summed E-state index contributed by atoms with van der Waals surface area (Å²) < 4.78 is 5.43. The minimum atomic E-state index is -0.671. The van der Waals surface area contributed by atoms with E-state index >= 15 is 0 Å². The lowest BCUT2D eigenvalue weighted by molar-refractivity contribution is -0.136. The molecule has 1 saturated heterocycles. The van der Waals surface area contributed by atoms with Crippen molar-refractivity contribution < 1.29 is 14.3 Å². The Bertz CT molecular complexity index is 820. The fourth-order valence-electron chi connectivity index (χ4n) is 3.20. The van der Waals surface area contributed by atoms with Crippen LogP contribution < -0.4 is 10.6 Å². The molecule has 1 aliphatic rings. The topological polar surface area (TPSA) is 83.6 Å². The molecule has 0 unspecified atom stereocenters. The molecule has 148 valence electrons. The number of anilines is 1. The van der Waals surface area contributed by atoms with Crippen molar-refractivity contribution >= 4 is 17.5 Å². The van der Waals surface area contributed by atoms with Crippen molar-refractivity contribution in [3.63, 3.8) is 0 Å². The number of benzene rings is 1. The van der Waals surface area contributed by atoms with Gasteiger partial charge in [0.05, 0.1) is 19.3 Å². The van der Waals surface area contributed by atoms with Crippen molar-refractivity contribution in [2.45, 2.75) is 19.9 Å². The first-order valence-electron chi connectivity index (χ1n) is 9.43. The fraction of sp³-hybridized carbons (Fsp3) is 0.381. The van der Waals surface area contributed by atoms with Gasteiger partial charge in [0.2, 0.25) is 0 Å². The van der Waals surface area contributed by atoms with Crippen molar-refractivity contribution in [3.05, 3.63) is 59.4 Å². The van der Waals surface area contributed by atoms with Crippen molar-refractivity contribution in [3.8, 4) is 0 Å². The highest BCUT2D eigenvalue weighted by Gasteiger charge is 2.24. The first-order valence-corrected chi connectivity index (χ1v) is 9.43. The predicted molar refractivity (Wildman–Crippen MR) is 107 cm³/mol. The van der Waals surface area contributed by atoms with E-state index in [4.69, 9.17) is 4.74 Å². The third-order valence-electron chi connectivity index (χ3n) is 4.98. The summed E-state index contributed by atoms with van der Waals surface area (Å²) in [6, 6.07) is 9.35. The Balaban J connectivity index is 1.62. The van der Waals surface area contributed by atoms with Crippen LogP contribution in [0.3, 0.4) is 0 Å². The maximum Gasteiger partial charge on any atom is 0.313 e. The van der Waals surface area contributed by atoms with Gasteiger partial charge >= 0.3 is 11.8 Å². The second kappa shape index (κ2) is 9.43. The lowest BCUT2D eigenvalue weighted by atomic mass is 10.1. The molecule has 2 heterocycles. The Labute approximate surface area is 165 Å². The highest BCUT2D eigenvalue weighted by atomic mass is 16.5. The van der Waals surface area contributed by atoms with Gasteiger partial charge in [-0.05, 0) is 48.7 Å². The van der Waals surface area contributed by atoms with E-state index in [0.717, 1.165) is 29.8 Å². The maximum atomic E-state index is 12.3. The Morgan fingerprint density at radius 1 is 1.14 bits per heavy atom. The number of carbonyl (C=O) groups is 2. The normalized spacial score (nSPS) is 15.6. The molecule has 28 heavy (non-hydrogen) atoms. The molecule has 0 saturated carbocycles. The van der Waals surface area contributed by atoms with Gasteiger partial charge in [0.1, 0.15) is 0 Å². The first-order chi connectivity index (χ1) is 13.5. The van der Waals surface area contributed by atoms with E-state index in [-0.39, 0.29) is 6.04 Å². The van der Waals surface area contributed by atoms with Gasteiger partial charge in [0.15, 0.2) is 0 Å². The van der Waals surface area contributed by atoms with E-state index in [2.05, 4.69) is 20.5 Å². The standard InChI is InChI=1S/C21H26N4O3/c1-15-5-6-18(12-16(15)2)24-21(27)20(26)23-14-19(17-4-3-7-22-13-17)25-8-10-28-11-9-25/h3-7,12-13,19H,8-11,14H2,1-2H3,(H,23,26)(H,24,27)/t19-/m0/s1. The molecule has 0 bridgehead atoms. The van der Waals surface area contributed by atoms with Crippen LogP contribution in [0.1, 0.15) is 22.7 Å². The molecule has 1 aromatic carbocycles. The molecular weight excluding hydrogens is 356 g/mol. The first kappa shape index (κ1) is 20.0. The van der Waals surface area contributed by atoms with Crippen LogP contribution in [0, 0.1) is 13.8 Å². The second-order valence-corrected chi connectivity index (χ2v) is 6.91. The van der Waals surface area contributed by atoms with Gasteiger partial charge in [-0.1, -0.05) is 12.1 Å². The summed E-state index contributed by atoms with van der Waals surface area (Å²) in [6.45, 7) is 7.12. The molecule has 2 N–H and O–H groups in total. The van der Waals surface area contributed by atoms with Gasteiger partial charge in [0, 0.05) is 37.7 Å². The van der Waals surface area contributed by atoms with Gasteiger partial charge in [-0.2, -0.15) is 0 Å². The molecule has 1 aliphatic heterocycles. The Hall–Kier alpha value is -2.77. The zero-order valence-corrected chi connectivity index (χ0v) is 16.3. The zero-order valence-electron chi connectivity index (χ0n) is 16.3. The van der Waals surface area contributed by atoms with Crippen LogP contribution in [-0.4, -0.2) is 54.5 Å². The summed E-state index contributed by atoms with van der Waals surface area (Å²) in [6.07, 6.45) is 3.51. The van der Waals surface area contributed by atoms with Crippen LogP contribution >= 0.6 is 0 Å². The average Bonchev–Trinajstić information content (AvgIpc) is 2.72. The number of nitrogens with one attached hydrogen (secondary N) is 2. The summed E-state index contributed by atoms with van der Waals surface area (Å²) in [5, 5.41) is 5.42. The maximum absolute atomic E-state index is 12.3. The number of carbonyl (C=O) groups excluding carboxylic acids is 2. The molecular formula is C21H26N4O3. The largest absolute Gasteiger partial charge is 0.379 e. The molecule has 3 rings (SSSR count). The molecule has 1 fully saturated rings. The van der Waals surface area contributed by atoms with Gasteiger partial charge in [-0.25, -0.2) is 0 Å². The highest BCUT2D eigenvalue weighted by molar-refractivity contribution is 6.39. The predicted octanol–water partition coefficient (Wildman–Crippen LogP) is 1.83. The molecule has 1 aromatic heterocycles. The minimum absolute atomic E-state index is 0.0593. The Kier molecular flexibility index (Phi) is 6.73. The molecule has 0 radical (unpaired) electrons. The quantitative estimate of drug-likeness (QED) is 0.771. The molecule has 2 aromatic rings. The molecule has 1 atom stereocenters. The van der Waals surface area contributed by atoms with E-state index in [1.54, 1.807) is 18.5 Å². The minimum Gasteiger partial charge on any atom is -0.379 e.